The third-order valence-electron chi connectivity index (χ3n) is 5.69. The number of ketones is 1. The highest BCUT2D eigenvalue weighted by Gasteiger charge is 2.41. The summed E-state index contributed by atoms with van der Waals surface area (Å²) in [6.45, 7) is 0. The molecule has 1 aliphatic heterocycles. The van der Waals surface area contributed by atoms with E-state index in [1.807, 2.05) is 0 Å². The maximum Gasteiger partial charge on any atom is 0.416 e. The molecule has 1 amide bonds. The molecule has 32 heavy (non-hydrogen) atoms. The Bertz CT molecular complexity index is 1160. The fourth-order valence-electron chi connectivity index (χ4n) is 4.29. The van der Waals surface area contributed by atoms with Gasteiger partial charge in [-0.2, -0.15) is 13.2 Å². The standard InChI is InChI=1S/C22H16ClF3N2O4/c23-14-8-9-16(18(10-14)28(31)32)27-17-2-1-3-19(29)21(17)15(11-20(27)30)12-4-6-13(7-5-12)22(24,25)26/h4-10,15H,1-3,11H2. The lowest BCUT2D eigenvalue weighted by Crippen LogP contribution is -2.40. The molecule has 0 radical (unpaired) electrons. The van der Waals surface area contributed by atoms with Gasteiger partial charge >= 0.3 is 6.18 Å². The van der Waals surface area contributed by atoms with Gasteiger partial charge in [-0.3, -0.25) is 24.6 Å². The second-order valence-corrected chi connectivity index (χ2v) is 8.07. The number of nitrogens with zero attached hydrogens (tertiary/aromatic N) is 2. The van der Waals surface area contributed by atoms with Gasteiger partial charge in [0.2, 0.25) is 5.91 Å². The van der Waals surface area contributed by atoms with E-state index < -0.39 is 28.5 Å². The zero-order valence-electron chi connectivity index (χ0n) is 16.5. The largest absolute Gasteiger partial charge is 0.416 e. The van der Waals surface area contributed by atoms with Crippen LogP contribution >= 0.6 is 11.6 Å². The predicted molar refractivity (Wildman–Crippen MR) is 110 cm³/mol. The number of carbonyl (C=O) groups excluding carboxylic acids is 2. The fraction of sp³-hybridized carbons (Fsp3) is 0.273. The normalized spacial score (nSPS) is 19.2. The molecule has 0 saturated heterocycles. The Balaban J connectivity index is 1.85. The van der Waals surface area contributed by atoms with Crippen molar-refractivity contribution >= 4 is 34.7 Å². The summed E-state index contributed by atoms with van der Waals surface area (Å²) in [6.07, 6.45) is -3.67. The Morgan fingerprint density at radius 1 is 1.06 bits per heavy atom. The number of benzene rings is 2. The van der Waals surface area contributed by atoms with E-state index in [0.717, 1.165) is 18.2 Å². The van der Waals surface area contributed by atoms with Crippen molar-refractivity contribution in [2.24, 2.45) is 0 Å². The van der Waals surface area contributed by atoms with E-state index in [1.54, 1.807) is 0 Å². The molecule has 1 unspecified atom stereocenters. The molecule has 0 saturated carbocycles. The van der Waals surface area contributed by atoms with Gasteiger partial charge in [0.1, 0.15) is 5.69 Å². The van der Waals surface area contributed by atoms with Crippen molar-refractivity contribution in [1.29, 1.82) is 0 Å². The molecule has 0 spiro atoms. The first-order valence-corrected chi connectivity index (χ1v) is 10.2. The molecular weight excluding hydrogens is 449 g/mol. The highest BCUT2D eigenvalue weighted by Crippen LogP contribution is 2.46. The minimum Gasteiger partial charge on any atom is -0.294 e. The first kappa shape index (κ1) is 22.0. The first-order chi connectivity index (χ1) is 15.1. The van der Waals surface area contributed by atoms with Crippen molar-refractivity contribution in [2.45, 2.75) is 37.8 Å². The monoisotopic (exact) mass is 464 g/mol. The summed E-state index contributed by atoms with van der Waals surface area (Å²) in [7, 11) is 0. The second-order valence-electron chi connectivity index (χ2n) is 7.63. The predicted octanol–water partition coefficient (Wildman–Crippen LogP) is 5.79. The highest BCUT2D eigenvalue weighted by molar-refractivity contribution is 6.31. The summed E-state index contributed by atoms with van der Waals surface area (Å²) in [6, 6.07) is 8.30. The lowest BCUT2D eigenvalue weighted by atomic mass is 9.77. The number of hydrogen-bond donors (Lipinski definition) is 0. The Morgan fingerprint density at radius 3 is 2.38 bits per heavy atom. The zero-order chi connectivity index (χ0) is 23.2. The van der Waals surface area contributed by atoms with Gasteiger partial charge in [0.25, 0.3) is 5.69 Å². The summed E-state index contributed by atoms with van der Waals surface area (Å²) < 4.78 is 38.8. The van der Waals surface area contributed by atoms with E-state index in [9.17, 15) is 32.9 Å². The molecule has 2 aliphatic rings. The molecule has 1 heterocycles. The van der Waals surface area contributed by atoms with Crippen molar-refractivity contribution in [3.8, 4) is 0 Å². The van der Waals surface area contributed by atoms with Gasteiger partial charge in [-0.15, -0.1) is 0 Å². The lowest BCUT2D eigenvalue weighted by molar-refractivity contribution is -0.384. The Labute approximate surface area is 185 Å². The number of anilines is 1. The van der Waals surface area contributed by atoms with E-state index in [4.69, 9.17) is 11.6 Å². The molecule has 0 aromatic heterocycles. The Morgan fingerprint density at radius 2 is 1.75 bits per heavy atom. The second kappa shape index (κ2) is 8.05. The van der Waals surface area contributed by atoms with E-state index in [2.05, 4.69) is 0 Å². The summed E-state index contributed by atoms with van der Waals surface area (Å²) in [5, 5.41) is 11.7. The van der Waals surface area contributed by atoms with Crippen LogP contribution in [0.2, 0.25) is 5.02 Å². The topological polar surface area (TPSA) is 80.5 Å². The number of nitro benzene ring substituents is 1. The fourth-order valence-corrected chi connectivity index (χ4v) is 4.46. The average molecular weight is 465 g/mol. The van der Waals surface area contributed by atoms with Crippen molar-refractivity contribution < 1.29 is 27.7 Å². The van der Waals surface area contributed by atoms with Gasteiger partial charge in [0.15, 0.2) is 5.78 Å². The number of rotatable bonds is 3. The number of hydrogen-bond acceptors (Lipinski definition) is 4. The van der Waals surface area contributed by atoms with Crippen LogP contribution in [0.15, 0.2) is 53.7 Å². The number of amides is 1. The third-order valence-corrected chi connectivity index (χ3v) is 5.93. The van der Waals surface area contributed by atoms with Gasteiger partial charge in [0.05, 0.1) is 10.5 Å². The van der Waals surface area contributed by atoms with Gasteiger partial charge < -0.3 is 0 Å². The maximum atomic E-state index is 13.2. The number of alkyl halides is 3. The molecule has 2 aromatic rings. The average Bonchev–Trinajstić information content (AvgIpc) is 2.73. The van der Waals surface area contributed by atoms with E-state index in [0.29, 0.717) is 29.7 Å². The lowest BCUT2D eigenvalue weighted by Gasteiger charge is -2.38. The number of Topliss-reactive ketones (excluding diaryl/α,β-unsaturated/α-hetero) is 1. The molecular formula is C22H16ClF3N2O4. The van der Waals surface area contributed by atoms with E-state index in [-0.39, 0.29) is 35.0 Å². The molecule has 0 fully saturated rings. The van der Waals surface area contributed by atoms with Crippen molar-refractivity contribution in [3.63, 3.8) is 0 Å². The Kier molecular flexibility index (Phi) is 5.54. The molecule has 10 heteroatoms. The van der Waals surface area contributed by atoms with Gasteiger partial charge in [0, 0.05) is 41.1 Å². The van der Waals surface area contributed by atoms with Crippen molar-refractivity contribution in [3.05, 3.63) is 80.0 Å². The quantitative estimate of drug-likeness (QED) is 0.425. The molecule has 4 rings (SSSR count). The first-order valence-electron chi connectivity index (χ1n) is 9.78. The third kappa shape index (κ3) is 3.88. The zero-order valence-corrected chi connectivity index (χ0v) is 17.2. The number of carbonyl (C=O) groups is 2. The molecule has 0 bridgehead atoms. The summed E-state index contributed by atoms with van der Waals surface area (Å²) >= 11 is 5.89. The van der Waals surface area contributed by atoms with Crippen LogP contribution < -0.4 is 4.90 Å². The summed E-state index contributed by atoms with van der Waals surface area (Å²) in [5.74, 6) is -1.41. The summed E-state index contributed by atoms with van der Waals surface area (Å²) in [4.78, 5) is 38.2. The highest BCUT2D eigenvalue weighted by atomic mass is 35.5. The van der Waals surface area contributed by atoms with E-state index in [1.165, 1.54) is 29.2 Å². The molecule has 0 N–H and O–H groups in total. The molecule has 166 valence electrons. The maximum absolute atomic E-state index is 13.2. The van der Waals surface area contributed by atoms with Gasteiger partial charge in [-0.05, 0) is 42.7 Å². The molecule has 1 aliphatic carbocycles. The van der Waals surface area contributed by atoms with Gasteiger partial charge in [-0.1, -0.05) is 23.7 Å². The van der Waals surface area contributed by atoms with Crippen LogP contribution in [-0.4, -0.2) is 16.6 Å². The number of halogens is 4. The number of allylic oxidation sites excluding steroid dienone is 2. The van der Waals surface area contributed by atoms with Crippen LogP contribution in [0.25, 0.3) is 0 Å². The van der Waals surface area contributed by atoms with Crippen LogP contribution in [0.1, 0.15) is 42.7 Å². The minimum absolute atomic E-state index is 0.0115. The van der Waals surface area contributed by atoms with Crippen LogP contribution in [0.5, 0.6) is 0 Å². The van der Waals surface area contributed by atoms with Crippen LogP contribution in [0.4, 0.5) is 24.5 Å². The van der Waals surface area contributed by atoms with Crippen LogP contribution in [0, 0.1) is 10.1 Å². The van der Waals surface area contributed by atoms with Crippen LogP contribution in [-0.2, 0) is 15.8 Å². The Hall–Kier alpha value is -3.20. The molecule has 6 nitrogen and oxygen atoms in total. The van der Waals surface area contributed by atoms with Crippen molar-refractivity contribution in [2.75, 3.05) is 4.90 Å². The summed E-state index contributed by atoms with van der Waals surface area (Å²) in [5.41, 5.74) is -0.0980. The van der Waals surface area contributed by atoms with Crippen LogP contribution in [0.3, 0.4) is 0 Å². The molecule has 2 aromatic carbocycles. The minimum atomic E-state index is -4.50. The van der Waals surface area contributed by atoms with Crippen molar-refractivity contribution in [1.82, 2.24) is 0 Å². The van der Waals surface area contributed by atoms with Gasteiger partial charge in [-0.25, -0.2) is 0 Å². The SMILES string of the molecule is O=C1CCCC2=C1C(c1ccc(C(F)(F)F)cc1)CC(=O)N2c1ccc(Cl)cc1[N+](=O)[O-]. The smallest absolute Gasteiger partial charge is 0.294 e. The van der Waals surface area contributed by atoms with E-state index >= 15 is 0 Å². The molecule has 1 atom stereocenters. The number of nitro groups is 1.